The maximum Gasteiger partial charge on any atom is 0.0892 e. The monoisotopic (exact) mass is 784 g/mol. The van der Waals surface area contributed by atoms with Crippen molar-refractivity contribution in [1.29, 1.82) is 0 Å². The number of nitrogens with zero attached hydrogens (tertiary/aromatic N) is 4. The van der Waals surface area contributed by atoms with Crippen LogP contribution in [0.1, 0.15) is 0 Å². The van der Waals surface area contributed by atoms with E-state index in [4.69, 9.17) is 9.97 Å². The van der Waals surface area contributed by atoms with Gasteiger partial charge in [-0.3, -0.25) is 19.9 Å². The highest BCUT2D eigenvalue weighted by Crippen LogP contribution is 2.57. The Morgan fingerprint density at radius 2 is 0.661 bits per heavy atom. The first-order valence-corrected chi connectivity index (χ1v) is 21.1. The lowest BCUT2D eigenvalue weighted by Gasteiger charge is -2.19. The molecule has 0 bridgehead atoms. The largest absolute Gasteiger partial charge is 0.255 e. The van der Waals surface area contributed by atoms with E-state index in [0.29, 0.717) is 0 Å². The van der Waals surface area contributed by atoms with E-state index in [9.17, 15) is 0 Å². The second kappa shape index (κ2) is 12.6. The summed E-state index contributed by atoms with van der Waals surface area (Å²) in [5.41, 5.74) is 18.3. The van der Waals surface area contributed by atoms with E-state index >= 15 is 0 Å². The van der Waals surface area contributed by atoms with Gasteiger partial charge in [0.2, 0.25) is 0 Å². The number of hydrogen-bond acceptors (Lipinski definition) is 4. The van der Waals surface area contributed by atoms with Crippen molar-refractivity contribution in [1.82, 2.24) is 19.9 Å². The molecule has 0 aliphatic heterocycles. The Bertz CT molecular complexity index is 3640. The topological polar surface area (TPSA) is 51.6 Å². The van der Waals surface area contributed by atoms with Crippen molar-refractivity contribution < 1.29 is 0 Å². The lowest BCUT2D eigenvalue weighted by Crippen LogP contribution is -1.94. The Labute approximate surface area is 356 Å². The molecule has 0 fully saturated rings. The molecular weight excluding hydrogens is 753 g/mol. The van der Waals surface area contributed by atoms with Gasteiger partial charge in [0, 0.05) is 24.8 Å². The quantitative estimate of drug-likeness (QED) is 0.167. The minimum Gasteiger partial charge on any atom is -0.255 e. The molecule has 0 unspecified atom stereocenters. The second-order valence-electron chi connectivity index (χ2n) is 16.5. The average molecular weight is 785 g/mol. The number of rotatable bonds is 4. The Morgan fingerprint density at radius 1 is 0.242 bits per heavy atom. The number of benzene rings is 8. The van der Waals surface area contributed by atoms with Crippen LogP contribution in [0.25, 0.3) is 143 Å². The standard InChI is InChI=1S/C58H32N4/c1-3-25-59-49(17-1)51-29-35(23-27-61-51)55-41-21-19-38-37(45(41)31-47-39-13-5-9-33-11-7-15-43(53(33)39)57(47)55)20-22-42-46(38)32-48-40-14-6-10-34-12-8-16-44(54(34)40)58(48)56(42)36-24-28-62-52(30-36)50-18-2-4-26-60-50/h1-32H. The zero-order valence-corrected chi connectivity index (χ0v) is 33.3. The molecule has 0 saturated heterocycles. The van der Waals surface area contributed by atoms with Crippen LogP contribution in [-0.2, 0) is 0 Å². The van der Waals surface area contributed by atoms with Gasteiger partial charge in [0.05, 0.1) is 22.8 Å². The summed E-state index contributed by atoms with van der Waals surface area (Å²) < 4.78 is 0. The third kappa shape index (κ3) is 4.61. The van der Waals surface area contributed by atoms with Crippen LogP contribution in [0.5, 0.6) is 0 Å². The molecular formula is C58H32N4. The average Bonchev–Trinajstić information content (AvgIpc) is 3.84. The summed E-state index contributed by atoms with van der Waals surface area (Å²) in [5, 5.41) is 12.5. The molecule has 2 aliphatic rings. The molecule has 14 rings (SSSR count). The van der Waals surface area contributed by atoms with Crippen LogP contribution < -0.4 is 0 Å². The molecule has 4 heteroatoms. The molecule has 0 amide bonds. The summed E-state index contributed by atoms with van der Waals surface area (Å²) in [6.45, 7) is 0. The molecule has 2 aliphatic carbocycles. The Hall–Kier alpha value is -8.34. The van der Waals surface area contributed by atoms with Gasteiger partial charge in [-0.05, 0) is 181 Å². The van der Waals surface area contributed by atoms with Crippen molar-refractivity contribution in [3.05, 3.63) is 195 Å². The molecule has 8 aromatic carbocycles. The van der Waals surface area contributed by atoms with Crippen molar-refractivity contribution in [2.24, 2.45) is 0 Å². The Morgan fingerprint density at radius 3 is 1.10 bits per heavy atom. The fraction of sp³-hybridized carbons (Fsp3) is 0. The highest BCUT2D eigenvalue weighted by molar-refractivity contribution is 6.30. The van der Waals surface area contributed by atoms with E-state index in [2.05, 4.69) is 143 Å². The van der Waals surface area contributed by atoms with E-state index < -0.39 is 0 Å². The molecule has 4 aromatic heterocycles. The first kappa shape index (κ1) is 33.5. The highest BCUT2D eigenvalue weighted by atomic mass is 14.8. The summed E-state index contributed by atoms with van der Waals surface area (Å²) in [6.07, 6.45) is 7.53. The zero-order chi connectivity index (χ0) is 40.5. The molecule has 4 heterocycles. The Kier molecular flexibility index (Phi) is 6.80. The van der Waals surface area contributed by atoms with Crippen LogP contribution in [0, 0.1) is 0 Å². The fourth-order valence-corrected chi connectivity index (χ4v) is 10.8. The van der Waals surface area contributed by atoms with E-state index in [1.807, 2.05) is 61.2 Å². The third-order valence-electron chi connectivity index (χ3n) is 13.3. The van der Waals surface area contributed by atoms with E-state index in [1.165, 1.54) is 109 Å². The Balaban J connectivity index is 1.10. The number of hydrogen-bond donors (Lipinski definition) is 0. The smallest absolute Gasteiger partial charge is 0.0892 e. The van der Waals surface area contributed by atoms with Crippen LogP contribution in [0.4, 0.5) is 0 Å². The number of fused-ring (bicyclic) bond motifs is 11. The van der Waals surface area contributed by atoms with Crippen molar-refractivity contribution in [3.8, 4) is 89.5 Å². The van der Waals surface area contributed by atoms with Gasteiger partial charge in [0.25, 0.3) is 0 Å². The third-order valence-corrected chi connectivity index (χ3v) is 13.3. The molecule has 12 aromatic rings. The molecule has 0 atom stereocenters. The molecule has 0 saturated carbocycles. The SMILES string of the molecule is c1ccc(-c2cc(-c3c4c(cc5c3ccc3c6cc7c(c(-c8ccnc(-c9ccccn9)c8)c6ccc53)-c3cccc5cccc-7c35)-c3cccc5cccc-4c35)ccn2)nc1. The number of pyridine rings is 4. The lowest BCUT2D eigenvalue weighted by atomic mass is 9.84. The minimum atomic E-state index is 0.856. The maximum atomic E-state index is 4.81. The summed E-state index contributed by atoms with van der Waals surface area (Å²) in [6, 6.07) is 62.0. The van der Waals surface area contributed by atoms with Crippen LogP contribution in [0.3, 0.4) is 0 Å². The van der Waals surface area contributed by atoms with Crippen molar-refractivity contribution in [2.75, 3.05) is 0 Å². The van der Waals surface area contributed by atoms with Crippen LogP contribution in [0.2, 0.25) is 0 Å². The van der Waals surface area contributed by atoms with E-state index in [-0.39, 0.29) is 0 Å². The predicted molar refractivity (Wildman–Crippen MR) is 256 cm³/mol. The zero-order valence-electron chi connectivity index (χ0n) is 33.3. The van der Waals surface area contributed by atoms with Gasteiger partial charge < -0.3 is 0 Å². The van der Waals surface area contributed by atoms with Gasteiger partial charge in [-0.25, -0.2) is 0 Å². The molecule has 0 spiro atoms. The first-order chi connectivity index (χ1) is 30.8. The van der Waals surface area contributed by atoms with Crippen LogP contribution >= 0.6 is 0 Å². The van der Waals surface area contributed by atoms with Crippen LogP contribution in [0.15, 0.2) is 195 Å². The summed E-state index contributed by atoms with van der Waals surface area (Å²) in [5.74, 6) is 0. The number of aromatic nitrogens is 4. The predicted octanol–water partition coefficient (Wildman–Crippen LogP) is 15.0. The normalized spacial score (nSPS) is 12.2. The minimum absolute atomic E-state index is 0.856. The van der Waals surface area contributed by atoms with Gasteiger partial charge in [-0.2, -0.15) is 0 Å². The maximum absolute atomic E-state index is 4.81. The van der Waals surface area contributed by atoms with Crippen molar-refractivity contribution >= 4 is 53.9 Å². The van der Waals surface area contributed by atoms with E-state index in [0.717, 1.165) is 33.9 Å². The molecule has 284 valence electrons. The molecule has 0 radical (unpaired) electrons. The van der Waals surface area contributed by atoms with Gasteiger partial charge in [-0.15, -0.1) is 0 Å². The van der Waals surface area contributed by atoms with Crippen molar-refractivity contribution in [2.45, 2.75) is 0 Å². The molecule has 0 N–H and O–H groups in total. The van der Waals surface area contributed by atoms with Crippen LogP contribution in [-0.4, -0.2) is 19.9 Å². The lowest BCUT2D eigenvalue weighted by molar-refractivity contribution is 1.25. The summed E-state index contributed by atoms with van der Waals surface area (Å²) in [7, 11) is 0. The second-order valence-corrected chi connectivity index (χ2v) is 16.5. The van der Waals surface area contributed by atoms with Gasteiger partial charge >= 0.3 is 0 Å². The van der Waals surface area contributed by atoms with Gasteiger partial charge in [0.1, 0.15) is 0 Å². The van der Waals surface area contributed by atoms with E-state index in [1.54, 1.807) is 0 Å². The van der Waals surface area contributed by atoms with Gasteiger partial charge in [0.15, 0.2) is 0 Å². The highest BCUT2D eigenvalue weighted by Gasteiger charge is 2.30. The fourth-order valence-electron chi connectivity index (χ4n) is 10.8. The molecule has 4 nitrogen and oxygen atoms in total. The first-order valence-electron chi connectivity index (χ1n) is 21.1. The van der Waals surface area contributed by atoms with Gasteiger partial charge in [-0.1, -0.05) is 109 Å². The summed E-state index contributed by atoms with van der Waals surface area (Å²) in [4.78, 5) is 19.0. The molecule has 62 heavy (non-hydrogen) atoms. The van der Waals surface area contributed by atoms with Crippen molar-refractivity contribution in [3.63, 3.8) is 0 Å². The summed E-state index contributed by atoms with van der Waals surface area (Å²) >= 11 is 0.